The van der Waals surface area contributed by atoms with Crippen LogP contribution in [0.2, 0.25) is 0 Å². The lowest BCUT2D eigenvalue weighted by Crippen LogP contribution is -2.30. The molecule has 1 N–H and O–H groups in total. The van der Waals surface area contributed by atoms with Gasteiger partial charge in [0.25, 0.3) is 6.43 Å². The number of nitrogens with one attached hydrogen (secondary N) is 1. The van der Waals surface area contributed by atoms with Crippen molar-refractivity contribution in [1.29, 1.82) is 0 Å². The van der Waals surface area contributed by atoms with Crippen LogP contribution in [-0.4, -0.2) is 45.9 Å². The second-order valence-electron chi connectivity index (χ2n) is 3.10. The summed E-state index contributed by atoms with van der Waals surface area (Å²) in [5.74, 6) is 0. The van der Waals surface area contributed by atoms with Crippen molar-refractivity contribution in [1.82, 2.24) is 5.32 Å². The second kappa shape index (κ2) is 9.30. The van der Waals surface area contributed by atoms with Crippen molar-refractivity contribution in [2.45, 2.75) is 25.8 Å². The first kappa shape index (κ1) is 13.7. The molecule has 1 unspecified atom stereocenters. The van der Waals surface area contributed by atoms with Crippen LogP contribution in [-0.2, 0) is 9.47 Å². The summed E-state index contributed by atoms with van der Waals surface area (Å²) in [7, 11) is 1.65. The molecule has 0 rings (SSSR count). The Morgan fingerprint density at radius 2 is 2.00 bits per heavy atom. The van der Waals surface area contributed by atoms with Crippen molar-refractivity contribution in [3.05, 3.63) is 0 Å². The monoisotopic (exact) mass is 211 g/mol. The first-order valence-corrected chi connectivity index (χ1v) is 4.75. The summed E-state index contributed by atoms with van der Waals surface area (Å²) in [5.41, 5.74) is 0. The molecule has 14 heavy (non-hydrogen) atoms. The molecule has 0 radical (unpaired) electrons. The van der Waals surface area contributed by atoms with Gasteiger partial charge in [0.15, 0.2) is 0 Å². The van der Waals surface area contributed by atoms with E-state index in [0.717, 1.165) is 6.42 Å². The third-order valence-corrected chi connectivity index (χ3v) is 1.74. The van der Waals surface area contributed by atoms with E-state index in [-0.39, 0.29) is 0 Å². The highest BCUT2D eigenvalue weighted by atomic mass is 19.3. The summed E-state index contributed by atoms with van der Waals surface area (Å²) in [5, 5.41) is 3.14. The Hall–Kier alpha value is -0.260. The quantitative estimate of drug-likeness (QED) is 0.583. The van der Waals surface area contributed by atoms with Gasteiger partial charge in [-0.1, -0.05) is 0 Å². The van der Waals surface area contributed by atoms with Gasteiger partial charge in [-0.15, -0.1) is 0 Å². The minimum absolute atomic E-state index is 0.321. The zero-order valence-corrected chi connectivity index (χ0v) is 8.76. The van der Waals surface area contributed by atoms with Crippen LogP contribution in [0.5, 0.6) is 0 Å². The topological polar surface area (TPSA) is 30.5 Å². The first-order valence-electron chi connectivity index (χ1n) is 4.75. The Labute approximate surface area is 83.8 Å². The molecule has 5 heteroatoms. The normalized spacial score (nSPS) is 13.5. The van der Waals surface area contributed by atoms with Crippen LogP contribution >= 0.6 is 0 Å². The molecule has 0 aromatic carbocycles. The molecule has 0 heterocycles. The van der Waals surface area contributed by atoms with Gasteiger partial charge >= 0.3 is 0 Å². The van der Waals surface area contributed by atoms with Gasteiger partial charge in [0.2, 0.25) is 0 Å². The number of alkyl halides is 2. The molecule has 0 aliphatic heterocycles. The van der Waals surface area contributed by atoms with Gasteiger partial charge in [-0.3, -0.25) is 0 Å². The van der Waals surface area contributed by atoms with Crippen LogP contribution in [0.25, 0.3) is 0 Å². The maximum Gasteiger partial charge on any atom is 0.261 e. The predicted molar refractivity (Wildman–Crippen MR) is 50.8 cm³/mol. The van der Waals surface area contributed by atoms with Crippen molar-refractivity contribution in [3.8, 4) is 0 Å². The summed E-state index contributed by atoms with van der Waals surface area (Å²) < 4.78 is 32.9. The van der Waals surface area contributed by atoms with Crippen LogP contribution in [0, 0.1) is 0 Å². The average molecular weight is 211 g/mol. The molecule has 0 aromatic heterocycles. The van der Waals surface area contributed by atoms with Crippen molar-refractivity contribution in [2.75, 3.05) is 33.5 Å². The van der Waals surface area contributed by atoms with Gasteiger partial charge in [-0.25, -0.2) is 8.78 Å². The van der Waals surface area contributed by atoms with Crippen LogP contribution < -0.4 is 5.32 Å². The molecule has 0 aromatic rings. The molecular formula is C9H19F2NO2. The van der Waals surface area contributed by atoms with Gasteiger partial charge in [0.1, 0.15) is 6.61 Å². The number of hydrogen-bond donors (Lipinski definition) is 1. The van der Waals surface area contributed by atoms with Crippen molar-refractivity contribution in [2.24, 2.45) is 0 Å². The fraction of sp³-hybridized carbons (Fsp3) is 1.00. The fourth-order valence-corrected chi connectivity index (χ4v) is 0.947. The van der Waals surface area contributed by atoms with Crippen LogP contribution in [0.4, 0.5) is 8.78 Å². The highest BCUT2D eigenvalue weighted by molar-refractivity contribution is 4.59. The Morgan fingerprint density at radius 3 is 2.57 bits per heavy atom. The highest BCUT2D eigenvalue weighted by Gasteiger charge is 2.02. The van der Waals surface area contributed by atoms with Crippen molar-refractivity contribution < 1.29 is 18.3 Å². The number of hydrogen-bond acceptors (Lipinski definition) is 3. The summed E-state index contributed by atoms with van der Waals surface area (Å²) in [6, 6.07) is 0.324. The lowest BCUT2D eigenvalue weighted by atomic mass is 10.2. The maximum atomic E-state index is 11.6. The summed E-state index contributed by atoms with van der Waals surface area (Å²) in [4.78, 5) is 0. The van der Waals surface area contributed by atoms with E-state index in [1.165, 1.54) is 0 Å². The Bertz CT molecular complexity index is 125. The molecule has 86 valence electrons. The summed E-state index contributed by atoms with van der Waals surface area (Å²) in [6.45, 7) is 3.16. The van der Waals surface area contributed by atoms with Gasteiger partial charge in [0, 0.05) is 26.3 Å². The number of ether oxygens (including phenoxy) is 2. The van der Waals surface area contributed by atoms with Crippen LogP contribution in [0.3, 0.4) is 0 Å². The minimum Gasteiger partial charge on any atom is -0.385 e. The number of halogens is 2. The van der Waals surface area contributed by atoms with E-state index < -0.39 is 13.0 Å². The number of methoxy groups -OCH3 is 1. The lowest BCUT2D eigenvalue weighted by Gasteiger charge is -2.12. The summed E-state index contributed by atoms with van der Waals surface area (Å²) >= 11 is 0. The molecule has 1 atom stereocenters. The van der Waals surface area contributed by atoms with Gasteiger partial charge in [0.05, 0.1) is 6.61 Å². The fourth-order valence-electron chi connectivity index (χ4n) is 0.947. The maximum absolute atomic E-state index is 11.6. The molecule has 0 bridgehead atoms. The highest BCUT2D eigenvalue weighted by Crippen LogP contribution is 1.92. The van der Waals surface area contributed by atoms with Gasteiger partial charge < -0.3 is 14.8 Å². The molecular weight excluding hydrogens is 192 g/mol. The number of rotatable bonds is 9. The molecule has 0 aliphatic carbocycles. The van der Waals surface area contributed by atoms with Gasteiger partial charge in [-0.2, -0.15) is 0 Å². The largest absolute Gasteiger partial charge is 0.385 e. The zero-order chi connectivity index (χ0) is 10.8. The summed E-state index contributed by atoms with van der Waals surface area (Å²) in [6.07, 6.45) is -1.47. The van der Waals surface area contributed by atoms with E-state index in [0.29, 0.717) is 25.8 Å². The van der Waals surface area contributed by atoms with E-state index in [1.54, 1.807) is 7.11 Å². The third kappa shape index (κ3) is 9.83. The zero-order valence-electron chi connectivity index (χ0n) is 8.76. The smallest absolute Gasteiger partial charge is 0.261 e. The molecule has 0 spiro atoms. The van der Waals surface area contributed by atoms with E-state index in [9.17, 15) is 8.78 Å². The Balaban J connectivity index is 3.10. The van der Waals surface area contributed by atoms with E-state index in [4.69, 9.17) is 9.47 Å². The lowest BCUT2D eigenvalue weighted by molar-refractivity contribution is 0.0181. The minimum atomic E-state index is -2.37. The van der Waals surface area contributed by atoms with Gasteiger partial charge in [-0.05, 0) is 13.3 Å². The molecule has 0 aliphatic rings. The average Bonchev–Trinajstić information content (AvgIpc) is 2.13. The van der Waals surface area contributed by atoms with E-state index >= 15 is 0 Å². The molecule has 0 fully saturated rings. The van der Waals surface area contributed by atoms with Crippen molar-refractivity contribution >= 4 is 0 Å². The van der Waals surface area contributed by atoms with Crippen LogP contribution in [0.15, 0.2) is 0 Å². The molecule has 3 nitrogen and oxygen atoms in total. The molecule has 0 amide bonds. The first-order chi connectivity index (χ1) is 6.66. The van der Waals surface area contributed by atoms with E-state index in [2.05, 4.69) is 5.32 Å². The standard InChI is InChI=1S/C9H19F2NO2/c1-8(3-5-13-2)12-4-6-14-7-9(10)11/h8-9,12H,3-7H2,1-2H3. The van der Waals surface area contributed by atoms with Crippen LogP contribution in [0.1, 0.15) is 13.3 Å². The second-order valence-corrected chi connectivity index (χ2v) is 3.10. The van der Waals surface area contributed by atoms with E-state index in [1.807, 2.05) is 6.92 Å². The van der Waals surface area contributed by atoms with Crippen molar-refractivity contribution in [3.63, 3.8) is 0 Å². The Morgan fingerprint density at radius 1 is 1.29 bits per heavy atom. The predicted octanol–water partition coefficient (Wildman–Crippen LogP) is 1.28. The molecule has 0 saturated heterocycles. The SMILES string of the molecule is COCCC(C)NCCOCC(F)F. The Kier molecular flexibility index (Phi) is 9.13. The molecule has 0 saturated carbocycles. The third-order valence-electron chi connectivity index (χ3n) is 1.74.